The molecule has 94 valence electrons. The second kappa shape index (κ2) is 8.16. The number of allylic oxidation sites excluding steroid dienone is 2. The van der Waals surface area contributed by atoms with E-state index in [0.717, 1.165) is 11.5 Å². The third-order valence-electron chi connectivity index (χ3n) is 2.12. The Balaban J connectivity index is 0.000000771. The molecular formula is C16H19NO. The SMILES string of the molecule is CC.NC1C#CC/C=C(Oc2ccccc2)\C=C/1. The Morgan fingerprint density at radius 3 is 2.67 bits per heavy atom. The van der Waals surface area contributed by atoms with E-state index >= 15 is 0 Å². The van der Waals surface area contributed by atoms with Crippen molar-refractivity contribution in [3.05, 3.63) is 54.3 Å². The summed E-state index contributed by atoms with van der Waals surface area (Å²) in [6.45, 7) is 4.00. The van der Waals surface area contributed by atoms with Crippen LogP contribution in [0.2, 0.25) is 0 Å². The fourth-order valence-corrected chi connectivity index (χ4v) is 1.34. The van der Waals surface area contributed by atoms with Gasteiger partial charge in [0.1, 0.15) is 11.5 Å². The lowest BCUT2D eigenvalue weighted by Gasteiger charge is -2.07. The van der Waals surface area contributed by atoms with Gasteiger partial charge in [-0.25, -0.2) is 0 Å². The van der Waals surface area contributed by atoms with E-state index in [-0.39, 0.29) is 6.04 Å². The van der Waals surface area contributed by atoms with Crippen LogP contribution in [-0.4, -0.2) is 6.04 Å². The second-order valence-electron chi connectivity index (χ2n) is 3.43. The minimum Gasteiger partial charge on any atom is -0.458 e. The van der Waals surface area contributed by atoms with Gasteiger partial charge in [0.2, 0.25) is 0 Å². The fraction of sp³-hybridized carbons (Fsp3) is 0.250. The molecule has 0 heterocycles. The summed E-state index contributed by atoms with van der Waals surface area (Å²) < 4.78 is 5.69. The first-order valence-corrected chi connectivity index (χ1v) is 6.20. The molecule has 1 aromatic rings. The predicted molar refractivity (Wildman–Crippen MR) is 76.0 cm³/mol. The summed E-state index contributed by atoms with van der Waals surface area (Å²) >= 11 is 0. The molecule has 0 radical (unpaired) electrons. The van der Waals surface area contributed by atoms with Gasteiger partial charge in [-0.3, -0.25) is 0 Å². The summed E-state index contributed by atoms with van der Waals surface area (Å²) in [7, 11) is 0. The largest absolute Gasteiger partial charge is 0.458 e. The van der Waals surface area contributed by atoms with Crippen molar-refractivity contribution in [1.29, 1.82) is 0 Å². The zero-order valence-electron chi connectivity index (χ0n) is 10.9. The zero-order valence-corrected chi connectivity index (χ0v) is 10.9. The molecule has 0 amide bonds. The van der Waals surface area contributed by atoms with Gasteiger partial charge in [0.05, 0.1) is 6.04 Å². The lowest BCUT2D eigenvalue weighted by molar-refractivity contribution is 0.442. The number of hydrogen-bond donors (Lipinski definition) is 1. The Kier molecular flexibility index (Phi) is 6.38. The molecule has 2 heteroatoms. The van der Waals surface area contributed by atoms with Gasteiger partial charge in [-0.15, -0.1) is 0 Å². The molecule has 1 aliphatic carbocycles. The van der Waals surface area contributed by atoms with Gasteiger partial charge in [0.25, 0.3) is 0 Å². The van der Waals surface area contributed by atoms with Crippen molar-refractivity contribution >= 4 is 0 Å². The maximum atomic E-state index is 5.72. The number of ether oxygens (including phenoxy) is 1. The van der Waals surface area contributed by atoms with Crippen LogP contribution < -0.4 is 10.5 Å². The molecule has 0 bridgehead atoms. The molecule has 2 rings (SSSR count). The second-order valence-corrected chi connectivity index (χ2v) is 3.43. The summed E-state index contributed by atoms with van der Waals surface area (Å²) in [5.41, 5.74) is 5.72. The van der Waals surface area contributed by atoms with E-state index in [1.807, 2.05) is 62.4 Å². The Bertz CT molecular complexity index is 463. The van der Waals surface area contributed by atoms with E-state index < -0.39 is 0 Å². The first-order valence-electron chi connectivity index (χ1n) is 6.20. The zero-order chi connectivity index (χ0) is 13.2. The summed E-state index contributed by atoms with van der Waals surface area (Å²) in [6, 6.07) is 9.46. The summed E-state index contributed by atoms with van der Waals surface area (Å²) in [4.78, 5) is 0. The average molecular weight is 241 g/mol. The summed E-state index contributed by atoms with van der Waals surface area (Å²) in [5, 5.41) is 0. The minimum atomic E-state index is -0.205. The molecule has 0 saturated carbocycles. The van der Waals surface area contributed by atoms with E-state index in [1.54, 1.807) is 0 Å². The molecule has 1 atom stereocenters. The highest BCUT2D eigenvalue weighted by atomic mass is 16.5. The average Bonchev–Trinajstić information content (AvgIpc) is 2.41. The van der Waals surface area contributed by atoms with E-state index in [0.29, 0.717) is 6.42 Å². The molecule has 0 aromatic heterocycles. The van der Waals surface area contributed by atoms with Crippen molar-refractivity contribution in [2.45, 2.75) is 26.3 Å². The van der Waals surface area contributed by atoms with Crippen LogP contribution in [-0.2, 0) is 0 Å². The summed E-state index contributed by atoms with van der Waals surface area (Å²) in [5.74, 6) is 7.49. The van der Waals surface area contributed by atoms with Gasteiger partial charge in [0.15, 0.2) is 0 Å². The van der Waals surface area contributed by atoms with Gasteiger partial charge in [-0.2, -0.15) is 0 Å². The topological polar surface area (TPSA) is 35.2 Å². The van der Waals surface area contributed by atoms with Gasteiger partial charge >= 0.3 is 0 Å². The first kappa shape index (κ1) is 14.1. The molecule has 1 aromatic carbocycles. The van der Waals surface area contributed by atoms with Crippen molar-refractivity contribution in [2.24, 2.45) is 5.73 Å². The fourth-order valence-electron chi connectivity index (χ4n) is 1.34. The van der Waals surface area contributed by atoms with Crippen LogP contribution in [0.3, 0.4) is 0 Å². The van der Waals surface area contributed by atoms with Gasteiger partial charge in [0, 0.05) is 6.42 Å². The van der Waals surface area contributed by atoms with E-state index in [1.165, 1.54) is 0 Å². The maximum Gasteiger partial charge on any atom is 0.127 e. The summed E-state index contributed by atoms with van der Waals surface area (Å²) in [6.07, 6.45) is 6.31. The molecule has 0 spiro atoms. The van der Waals surface area contributed by atoms with Crippen molar-refractivity contribution < 1.29 is 4.74 Å². The Hall–Kier alpha value is -1.98. The molecule has 1 aliphatic rings. The third kappa shape index (κ3) is 4.90. The molecule has 1 unspecified atom stereocenters. The monoisotopic (exact) mass is 241 g/mol. The quantitative estimate of drug-likeness (QED) is 0.807. The van der Waals surface area contributed by atoms with Crippen molar-refractivity contribution in [3.8, 4) is 17.6 Å². The molecule has 0 fully saturated rings. The minimum absolute atomic E-state index is 0.205. The lowest BCUT2D eigenvalue weighted by Crippen LogP contribution is -2.14. The molecule has 0 saturated heterocycles. The molecule has 2 nitrogen and oxygen atoms in total. The number of nitrogens with two attached hydrogens (primary N) is 1. The van der Waals surface area contributed by atoms with Crippen LogP contribution in [0.15, 0.2) is 54.3 Å². The Morgan fingerprint density at radius 1 is 1.22 bits per heavy atom. The van der Waals surface area contributed by atoms with Gasteiger partial charge in [-0.1, -0.05) is 50.0 Å². The maximum absolute atomic E-state index is 5.72. The number of para-hydroxylation sites is 1. The van der Waals surface area contributed by atoms with Crippen molar-refractivity contribution in [3.63, 3.8) is 0 Å². The normalized spacial score (nSPS) is 21.7. The smallest absolute Gasteiger partial charge is 0.127 e. The van der Waals surface area contributed by atoms with E-state index in [4.69, 9.17) is 10.5 Å². The predicted octanol–water partition coefficient (Wildman–Crippen LogP) is 3.27. The van der Waals surface area contributed by atoms with Crippen LogP contribution >= 0.6 is 0 Å². The van der Waals surface area contributed by atoms with Gasteiger partial charge < -0.3 is 10.5 Å². The van der Waals surface area contributed by atoms with Crippen molar-refractivity contribution in [2.75, 3.05) is 0 Å². The highest BCUT2D eigenvalue weighted by Crippen LogP contribution is 2.14. The number of rotatable bonds is 2. The van der Waals surface area contributed by atoms with Crippen LogP contribution in [0.5, 0.6) is 5.75 Å². The van der Waals surface area contributed by atoms with E-state index in [2.05, 4.69) is 11.8 Å². The number of hydrogen-bond acceptors (Lipinski definition) is 2. The van der Waals surface area contributed by atoms with Crippen LogP contribution in [0.25, 0.3) is 0 Å². The molecule has 0 aliphatic heterocycles. The highest BCUT2D eigenvalue weighted by molar-refractivity contribution is 5.30. The standard InChI is InChI=1S/C14H13NO.C2H6/c15-12-6-4-5-9-14(11-10-12)16-13-7-2-1-3-8-13;1-2/h1-3,7-12H,5,15H2;1-2H3/b11-10-,14-9+;. The van der Waals surface area contributed by atoms with Crippen molar-refractivity contribution in [1.82, 2.24) is 0 Å². The van der Waals surface area contributed by atoms with Crippen LogP contribution in [0.1, 0.15) is 20.3 Å². The Morgan fingerprint density at radius 2 is 1.94 bits per heavy atom. The van der Waals surface area contributed by atoms with E-state index in [9.17, 15) is 0 Å². The number of benzene rings is 1. The molecule has 18 heavy (non-hydrogen) atoms. The van der Waals surface area contributed by atoms with Crippen LogP contribution in [0.4, 0.5) is 0 Å². The highest BCUT2D eigenvalue weighted by Gasteiger charge is 1.99. The molecule has 2 N–H and O–H groups in total. The Labute approximate surface area is 109 Å². The molecular weight excluding hydrogens is 222 g/mol. The van der Waals surface area contributed by atoms with Crippen LogP contribution in [0, 0.1) is 11.8 Å². The third-order valence-corrected chi connectivity index (χ3v) is 2.12. The van der Waals surface area contributed by atoms with Gasteiger partial charge in [-0.05, 0) is 24.3 Å². The first-order chi connectivity index (χ1) is 8.84. The lowest BCUT2D eigenvalue weighted by atomic mass is 10.2.